The Balaban J connectivity index is 1.25. The van der Waals surface area contributed by atoms with Gasteiger partial charge in [0.05, 0.1) is 10.2 Å². The number of aromatic nitrogens is 1. The van der Waals surface area contributed by atoms with Crippen LogP contribution in [0, 0.1) is 5.92 Å². The predicted octanol–water partition coefficient (Wildman–Crippen LogP) is 4.52. The first-order valence-corrected chi connectivity index (χ1v) is 10.7. The van der Waals surface area contributed by atoms with Gasteiger partial charge in [-0.1, -0.05) is 35.1 Å². The molecule has 5 heteroatoms. The molecular weight excluding hydrogens is 342 g/mol. The Hall–Kier alpha value is -1.88. The molecule has 0 spiro atoms. The maximum atomic E-state index is 12.5. The number of piperidine rings is 1. The molecule has 26 heavy (non-hydrogen) atoms. The fourth-order valence-electron chi connectivity index (χ4n) is 3.95. The first kappa shape index (κ1) is 17.5. The van der Waals surface area contributed by atoms with Crippen molar-refractivity contribution in [2.24, 2.45) is 5.92 Å². The number of benzene rings is 1. The molecule has 4 rings (SSSR count). The van der Waals surface area contributed by atoms with E-state index in [1.807, 2.05) is 6.07 Å². The predicted molar refractivity (Wildman–Crippen MR) is 109 cm³/mol. The molecule has 0 radical (unpaired) electrons. The molecule has 2 heterocycles. The van der Waals surface area contributed by atoms with E-state index in [9.17, 15) is 4.79 Å². The summed E-state index contributed by atoms with van der Waals surface area (Å²) >= 11 is 1.75. The third-order valence-electron chi connectivity index (χ3n) is 5.55. The van der Waals surface area contributed by atoms with Crippen molar-refractivity contribution in [3.8, 4) is 0 Å². The highest BCUT2D eigenvalue weighted by atomic mass is 32.1. The highest BCUT2D eigenvalue weighted by molar-refractivity contribution is 7.22. The van der Waals surface area contributed by atoms with Crippen LogP contribution in [0.15, 0.2) is 35.9 Å². The lowest BCUT2D eigenvalue weighted by molar-refractivity contribution is -0.125. The minimum Gasteiger partial charge on any atom is -0.356 e. The zero-order chi connectivity index (χ0) is 17.8. The van der Waals surface area contributed by atoms with Gasteiger partial charge in [0.15, 0.2) is 5.13 Å². The number of thiazole rings is 1. The van der Waals surface area contributed by atoms with Gasteiger partial charge in [-0.05, 0) is 57.1 Å². The van der Waals surface area contributed by atoms with Gasteiger partial charge < -0.3 is 10.2 Å². The molecule has 2 aliphatic rings. The lowest BCUT2D eigenvalue weighted by atomic mass is 9.95. The molecule has 0 atom stereocenters. The Morgan fingerprint density at radius 1 is 1.23 bits per heavy atom. The third kappa shape index (κ3) is 4.09. The van der Waals surface area contributed by atoms with E-state index >= 15 is 0 Å². The first-order chi connectivity index (χ1) is 12.8. The molecule has 4 nitrogen and oxygen atoms in total. The third-order valence-corrected chi connectivity index (χ3v) is 6.65. The number of para-hydroxylation sites is 1. The highest BCUT2D eigenvalue weighted by Crippen LogP contribution is 2.31. The molecule has 1 aromatic heterocycles. The Labute approximate surface area is 159 Å². The number of anilines is 1. The normalized spacial score (nSPS) is 18.8. The Kier molecular flexibility index (Phi) is 5.54. The maximum Gasteiger partial charge on any atom is 0.223 e. The van der Waals surface area contributed by atoms with Crippen LogP contribution in [0.25, 0.3) is 10.2 Å². The lowest BCUT2D eigenvalue weighted by Crippen LogP contribution is -2.40. The Bertz CT molecular complexity index is 756. The number of fused-ring (bicyclic) bond motifs is 1. The maximum absolute atomic E-state index is 12.5. The van der Waals surface area contributed by atoms with E-state index in [0.717, 1.165) is 49.5 Å². The molecule has 2 aromatic rings. The van der Waals surface area contributed by atoms with Crippen molar-refractivity contribution >= 4 is 32.6 Å². The fourth-order valence-corrected chi connectivity index (χ4v) is 4.97. The number of amides is 1. The Morgan fingerprint density at radius 2 is 2.08 bits per heavy atom. The van der Waals surface area contributed by atoms with Gasteiger partial charge in [0, 0.05) is 25.6 Å². The summed E-state index contributed by atoms with van der Waals surface area (Å²) in [4.78, 5) is 19.5. The number of carbonyl (C=O) groups excluding carboxylic acids is 1. The van der Waals surface area contributed by atoms with Gasteiger partial charge in [0.25, 0.3) is 0 Å². The molecule has 1 aliphatic heterocycles. The molecular formula is C21H27N3OS. The monoisotopic (exact) mass is 369 g/mol. The molecule has 1 saturated heterocycles. The summed E-state index contributed by atoms with van der Waals surface area (Å²) in [6.07, 6.45) is 10.3. The van der Waals surface area contributed by atoms with Crippen LogP contribution in [0.2, 0.25) is 0 Å². The summed E-state index contributed by atoms with van der Waals surface area (Å²) in [5, 5.41) is 4.26. The van der Waals surface area contributed by atoms with Crippen molar-refractivity contribution in [1.82, 2.24) is 10.3 Å². The second-order valence-corrected chi connectivity index (χ2v) is 8.38. The number of hydrogen-bond acceptors (Lipinski definition) is 4. The highest BCUT2D eigenvalue weighted by Gasteiger charge is 2.26. The summed E-state index contributed by atoms with van der Waals surface area (Å²) in [6, 6.07) is 8.28. The molecule has 1 aliphatic carbocycles. The number of rotatable bonds is 5. The van der Waals surface area contributed by atoms with Crippen LogP contribution >= 0.6 is 11.3 Å². The minimum atomic E-state index is 0.154. The van der Waals surface area contributed by atoms with E-state index in [4.69, 9.17) is 4.98 Å². The zero-order valence-electron chi connectivity index (χ0n) is 15.2. The van der Waals surface area contributed by atoms with E-state index in [1.54, 1.807) is 11.3 Å². The van der Waals surface area contributed by atoms with Gasteiger partial charge >= 0.3 is 0 Å². The van der Waals surface area contributed by atoms with Crippen molar-refractivity contribution in [2.75, 3.05) is 24.5 Å². The second-order valence-electron chi connectivity index (χ2n) is 7.37. The number of hydrogen-bond donors (Lipinski definition) is 1. The van der Waals surface area contributed by atoms with Crippen LogP contribution in [0.4, 0.5) is 5.13 Å². The van der Waals surface area contributed by atoms with Crippen LogP contribution in [0.5, 0.6) is 0 Å². The average Bonchev–Trinajstić information content (AvgIpc) is 3.13. The summed E-state index contributed by atoms with van der Waals surface area (Å²) in [6.45, 7) is 2.63. The summed E-state index contributed by atoms with van der Waals surface area (Å²) in [5.74, 6) is 0.395. The van der Waals surface area contributed by atoms with Crippen LogP contribution < -0.4 is 10.2 Å². The molecule has 1 fully saturated rings. The summed E-state index contributed by atoms with van der Waals surface area (Å²) in [7, 11) is 0. The topological polar surface area (TPSA) is 45.2 Å². The zero-order valence-corrected chi connectivity index (χ0v) is 16.1. The van der Waals surface area contributed by atoms with Crippen molar-refractivity contribution in [3.05, 3.63) is 35.9 Å². The smallest absolute Gasteiger partial charge is 0.223 e. The van der Waals surface area contributed by atoms with Gasteiger partial charge in [-0.25, -0.2) is 4.98 Å². The number of nitrogens with one attached hydrogen (secondary N) is 1. The van der Waals surface area contributed by atoms with E-state index in [2.05, 4.69) is 34.5 Å². The molecule has 138 valence electrons. The molecule has 0 unspecified atom stereocenters. The minimum absolute atomic E-state index is 0.154. The van der Waals surface area contributed by atoms with Gasteiger partial charge in [0.2, 0.25) is 5.91 Å². The second kappa shape index (κ2) is 8.21. The van der Waals surface area contributed by atoms with Crippen LogP contribution in [-0.4, -0.2) is 30.5 Å². The molecule has 0 saturated carbocycles. The van der Waals surface area contributed by atoms with Gasteiger partial charge in [-0.15, -0.1) is 0 Å². The molecule has 1 N–H and O–H groups in total. The van der Waals surface area contributed by atoms with Gasteiger partial charge in [0.1, 0.15) is 0 Å². The van der Waals surface area contributed by atoms with Crippen LogP contribution in [0.1, 0.15) is 44.9 Å². The average molecular weight is 370 g/mol. The van der Waals surface area contributed by atoms with E-state index in [-0.39, 0.29) is 11.8 Å². The summed E-state index contributed by atoms with van der Waals surface area (Å²) < 4.78 is 1.24. The van der Waals surface area contributed by atoms with Gasteiger partial charge in [-0.2, -0.15) is 0 Å². The number of carbonyl (C=O) groups is 1. The van der Waals surface area contributed by atoms with Crippen LogP contribution in [-0.2, 0) is 4.79 Å². The first-order valence-electron chi connectivity index (χ1n) is 9.86. The van der Waals surface area contributed by atoms with E-state index in [0.29, 0.717) is 0 Å². The molecule has 1 aromatic carbocycles. The SMILES string of the molecule is O=C(NCCC1=CCCCC1)C1CCN(c2nc3ccccc3s2)CC1. The quantitative estimate of drug-likeness (QED) is 0.788. The van der Waals surface area contributed by atoms with Crippen molar-refractivity contribution < 1.29 is 4.79 Å². The number of allylic oxidation sites excluding steroid dienone is 1. The molecule has 0 bridgehead atoms. The largest absolute Gasteiger partial charge is 0.356 e. The van der Waals surface area contributed by atoms with Crippen molar-refractivity contribution in [1.29, 1.82) is 0 Å². The van der Waals surface area contributed by atoms with E-state index < -0.39 is 0 Å². The van der Waals surface area contributed by atoms with Crippen LogP contribution in [0.3, 0.4) is 0 Å². The van der Waals surface area contributed by atoms with Crippen molar-refractivity contribution in [2.45, 2.75) is 44.9 Å². The molecule has 1 amide bonds. The number of nitrogens with zero attached hydrogens (tertiary/aromatic N) is 2. The van der Waals surface area contributed by atoms with E-state index in [1.165, 1.54) is 36.0 Å². The summed E-state index contributed by atoms with van der Waals surface area (Å²) in [5.41, 5.74) is 2.60. The van der Waals surface area contributed by atoms with Crippen molar-refractivity contribution in [3.63, 3.8) is 0 Å². The lowest BCUT2D eigenvalue weighted by Gasteiger charge is -2.31. The Morgan fingerprint density at radius 3 is 2.85 bits per heavy atom. The van der Waals surface area contributed by atoms with Gasteiger partial charge in [-0.3, -0.25) is 4.79 Å². The standard InChI is InChI=1S/C21H27N3OS/c25-20(22-13-10-16-6-2-1-3-7-16)17-11-14-24(15-12-17)21-23-18-8-4-5-9-19(18)26-21/h4-6,8-9,17H,1-3,7,10-15H2,(H,22,25). The fraction of sp³-hybridized carbons (Fsp3) is 0.524.